The monoisotopic (exact) mass is 259 g/mol. The van der Waals surface area contributed by atoms with Gasteiger partial charge in [-0.3, -0.25) is 0 Å². The third-order valence-electron chi connectivity index (χ3n) is 5.42. The zero-order valence-corrected chi connectivity index (χ0v) is 11.9. The van der Waals surface area contributed by atoms with Gasteiger partial charge in [0.05, 0.1) is 0 Å². The average molecular weight is 259 g/mol. The molecule has 19 heavy (non-hydrogen) atoms. The van der Waals surface area contributed by atoms with Crippen LogP contribution in [0.1, 0.15) is 49.7 Å². The summed E-state index contributed by atoms with van der Waals surface area (Å²) in [6.45, 7) is 1.07. The molecule has 2 unspecified atom stereocenters. The van der Waals surface area contributed by atoms with Crippen molar-refractivity contribution in [3.8, 4) is 5.75 Å². The first-order valence-electron chi connectivity index (χ1n) is 7.73. The van der Waals surface area contributed by atoms with Crippen molar-refractivity contribution < 1.29 is 5.11 Å². The van der Waals surface area contributed by atoms with Gasteiger partial charge in [0.1, 0.15) is 5.75 Å². The van der Waals surface area contributed by atoms with Crippen molar-refractivity contribution in [2.45, 2.75) is 50.4 Å². The minimum atomic E-state index is 0.327. The first-order chi connectivity index (χ1) is 9.26. The van der Waals surface area contributed by atoms with Gasteiger partial charge in [0.15, 0.2) is 0 Å². The van der Waals surface area contributed by atoms with Crippen LogP contribution in [0, 0.1) is 5.92 Å². The van der Waals surface area contributed by atoms with Crippen molar-refractivity contribution in [2.24, 2.45) is 5.92 Å². The molecule has 3 rings (SSSR count). The number of nitrogens with one attached hydrogen (secondary N) is 1. The Bertz CT molecular complexity index is 457. The van der Waals surface area contributed by atoms with Gasteiger partial charge in [-0.1, -0.05) is 18.9 Å². The molecule has 104 valence electrons. The Kier molecular flexibility index (Phi) is 3.53. The van der Waals surface area contributed by atoms with Crippen LogP contribution in [0.4, 0.5) is 0 Å². The maximum atomic E-state index is 9.90. The van der Waals surface area contributed by atoms with Gasteiger partial charge in [-0.25, -0.2) is 0 Å². The third-order valence-corrected chi connectivity index (χ3v) is 5.42. The van der Waals surface area contributed by atoms with Crippen LogP contribution in [0.15, 0.2) is 18.2 Å². The lowest BCUT2D eigenvalue weighted by atomic mass is 9.56. The number of hydrogen-bond donors (Lipinski definition) is 2. The maximum Gasteiger partial charge on any atom is 0.115 e. The number of phenolic OH excluding ortho intramolecular Hbond substituents is 1. The lowest BCUT2D eigenvalue weighted by molar-refractivity contribution is 0.147. The summed E-state index contributed by atoms with van der Waals surface area (Å²) in [6, 6.07) is 6.06. The van der Waals surface area contributed by atoms with E-state index < -0.39 is 0 Å². The molecule has 0 heterocycles. The zero-order valence-electron chi connectivity index (χ0n) is 11.9. The topological polar surface area (TPSA) is 32.3 Å². The molecule has 0 saturated heterocycles. The van der Waals surface area contributed by atoms with Gasteiger partial charge in [-0.05, 0) is 80.3 Å². The fraction of sp³-hybridized carbons (Fsp3) is 0.647. The second kappa shape index (κ2) is 5.16. The Morgan fingerprint density at radius 2 is 2.21 bits per heavy atom. The molecule has 1 aromatic rings. The second-order valence-corrected chi connectivity index (χ2v) is 6.33. The Balaban J connectivity index is 2.04. The SMILES string of the molecule is CNCCC12CCCCC1CCc1ccc(O)cc12. The van der Waals surface area contributed by atoms with Crippen LogP contribution < -0.4 is 5.32 Å². The fourth-order valence-corrected chi connectivity index (χ4v) is 4.47. The predicted molar refractivity (Wildman–Crippen MR) is 78.6 cm³/mol. The van der Waals surface area contributed by atoms with Crippen LogP contribution in [0.2, 0.25) is 0 Å². The van der Waals surface area contributed by atoms with Gasteiger partial charge in [0.2, 0.25) is 0 Å². The molecule has 2 nitrogen and oxygen atoms in total. The molecule has 0 aliphatic heterocycles. The number of hydrogen-bond acceptors (Lipinski definition) is 2. The summed E-state index contributed by atoms with van der Waals surface area (Å²) in [5.74, 6) is 1.26. The number of aryl methyl sites for hydroxylation is 1. The van der Waals surface area contributed by atoms with Crippen LogP contribution >= 0.6 is 0 Å². The highest BCUT2D eigenvalue weighted by molar-refractivity contribution is 5.43. The Labute approximate surface area is 116 Å². The molecule has 2 aliphatic carbocycles. The number of rotatable bonds is 3. The summed E-state index contributed by atoms with van der Waals surface area (Å²) in [4.78, 5) is 0. The van der Waals surface area contributed by atoms with Gasteiger partial charge in [-0.15, -0.1) is 0 Å². The van der Waals surface area contributed by atoms with E-state index in [0.717, 1.165) is 12.5 Å². The van der Waals surface area contributed by atoms with Crippen molar-refractivity contribution in [1.82, 2.24) is 5.32 Å². The smallest absolute Gasteiger partial charge is 0.115 e. The van der Waals surface area contributed by atoms with Crippen molar-refractivity contribution >= 4 is 0 Å². The van der Waals surface area contributed by atoms with E-state index in [4.69, 9.17) is 0 Å². The van der Waals surface area contributed by atoms with Gasteiger partial charge in [0, 0.05) is 0 Å². The van der Waals surface area contributed by atoms with Crippen LogP contribution in [0.3, 0.4) is 0 Å². The van der Waals surface area contributed by atoms with E-state index in [1.54, 1.807) is 0 Å². The molecule has 0 radical (unpaired) electrons. The minimum absolute atomic E-state index is 0.327. The van der Waals surface area contributed by atoms with Gasteiger partial charge in [0.25, 0.3) is 0 Å². The zero-order chi connectivity index (χ0) is 13.3. The third kappa shape index (κ3) is 2.16. The predicted octanol–water partition coefficient (Wildman–Crippen LogP) is 3.38. The molecule has 1 aromatic carbocycles. The average Bonchev–Trinajstić information content (AvgIpc) is 2.45. The number of aromatic hydroxyl groups is 1. The van der Waals surface area contributed by atoms with Gasteiger partial charge >= 0.3 is 0 Å². The lowest BCUT2D eigenvalue weighted by Crippen LogP contribution is -2.43. The van der Waals surface area contributed by atoms with E-state index in [1.165, 1.54) is 56.1 Å². The molecule has 2 aliphatic rings. The molecule has 0 amide bonds. The van der Waals surface area contributed by atoms with Crippen LogP contribution in [0.25, 0.3) is 0 Å². The summed E-state index contributed by atoms with van der Waals surface area (Å²) < 4.78 is 0. The highest BCUT2D eigenvalue weighted by atomic mass is 16.3. The van der Waals surface area contributed by atoms with Crippen molar-refractivity contribution in [1.29, 1.82) is 0 Å². The molecule has 2 N–H and O–H groups in total. The summed E-state index contributed by atoms with van der Waals surface area (Å²) in [6.07, 6.45) is 9.15. The van der Waals surface area contributed by atoms with Crippen LogP contribution in [0.5, 0.6) is 5.75 Å². The Hall–Kier alpha value is -1.02. The van der Waals surface area contributed by atoms with E-state index in [9.17, 15) is 5.11 Å². The van der Waals surface area contributed by atoms with Gasteiger partial charge < -0.3 is 10.4 Å². The largest absolute Gasteiger partial charge is 0.508 e. The van der Waals surface area contributed by atoms with Crippen LogP contribution in [-0.4, -0.2) is 18.7 Å². The Morgan fingerprint density at radius 3 is 3.05 bits per heavy atom. The summed E-state index contributed by atoms with van der Waals surface area (Å²) in [5.41, 5.74) is 3.26. The van der Waals surface area contributed by atoms with Crippen molar-refractivity contribution in [3.05, 3.63) is 29.3 Å². The normalized spacial score (nSPS) is 29.6. The minimum Gasteiger partial charge on any atom is -0.508 e. The standard InChI is InChI=1S/C17H25NO/c1-18-11-10-17-9-3-2-4-14(17)7-5-13-6-8-15(19)12-16(13)17/h6,8,12,14,18-19H,2-5,7,9-11H2,1H3. The molecule has 1 saturated carbocycles. The van der Waals surface area contributed by atoms with E-state index in [0.29, 0.717) is 11.2 Å². The molecule has 0 bridgehead atoms. The van der Waals surface area contributed by atoms with E-state index in [-0.39, 0.29) is 0 Å². The lowest BCUT2D eigenvalue weighted by Gasteiger charge is -2.49. The first kappa shape index (κ1) is 13.0. The number of phenols is 1. The maximum absolute atomic E-state index is 9.90. The highest BCUT2D eigenvalue weighted by Crippen LogP contribution is 2.52. The van der Waals surface area contributed by atoms with Gasteiger partial charge in [-0.2, -0.15) is 0 Å². The summed E-state index contributed by atoms with van der Waals surface area (Å²) >= 11 is 0. The molecular formula is C17H25NO. The molecule has 2 heteroatoms. The van der Waals surface area contributed by atoms with E-state index in [1.807, 2.05) is 13.1 Å². The molecule has 2 atom stereocenters. The first-order valence-corrected chi connectivity index (χ1v) is 7.73. The summed E-state index contributed by atoms with van der Waals surface area (Å²) in [7, 11) is 2.04. The molecule has 0 aromatic heterocycles. The quantitative estimate of drug-likeness (QED) is 0.872. The number of benzene rings is 1. The second-order valence-electron chi connectivity index (χ2n) is 6.33. The summed E-state index contributed by atoms with van der Waals surface area (Å²) in [5, 5.41) is 13.2. The van der Waals surface area contributed by atoms with E-state index in [2.05, 4.69) is 17.4 Å². The molecule has 1 fully saturated rings. The number of fused-ring (bicyclic) bond motifs is 3. The molecule has 0 spiro atoms. The van der Waals surface area contributed by atoms with Crippen LogP contribution in [-0.2, 0) is 11.8 Å². The van der Waals surface area contributed by atoms with E-state index >= 15 is 0 Å². The fourth-order valence-electron chi connectivity index (χ4n) is 4.47. The van der Waals surface area contributed by atoms with Crippen molar-refractivity contribution in [3.63, 3.8) is 0 Å². The van der Waals surface area contributed by atoms with Crippen molar-refractivity contribution in [2.75, 3.05) is 13.6 Å². The Morgan fingerprint density at radius 1 is 1.32 bits per heavy atom. The highest BCUT2D eigenvalue weighted by Gasteiger charge is 2.44. The molecular weight excluding hydrogens is 234 g/mol.